The number of hydrogen-bond acceptors (Lipinski definition) is 3. The molecule has 9 heteroatoms. The van der Waals surface area contributed by atoms with E-state index >= 15 is 0 Å². The number of amides is 1. The Kier molecular flexibility index (Phi) is 6.59. The number of nitrogens with one attached hydrogen (secondary N) is 1. The number of benzene rings is 2. The summed E-state index contributed by atoms with van der Waals surface area (Å²) in [7, 11) is -3.81. The molecule has 29 heavy (non-hydrogen) atoms. The Hall–Kier alpha value is -2.39. The highest BCUT2D eigenvalue weighted by atomic mass is 32.2. The van der Waals surface area contributed by atoms with Gasteiger partial charge in [-0.25, -0.2) is 21.6 Å². The molecule has 2 aromatic carbocycles. The van der Waals surface area contributed by atoms with Gasteiger partial charge >= 0.3 is 0 Å². The van der Waals surface area contributed by atoms with E-state index in [-0.39, 0.29) is 29.5 Å². The maximum Gasteiger partial charge on any atom is 0.243 e. The van der Waals surface area contributed by atoms with Crippen LogP contribution in [0, 0.1) is 23.4 Å². The number of carbonyl (C=O) groups excluding carboxylic acids is 1. The number of anilines is 1. The first-order valence-electron chi connectivity index (χ1n) is 9.26. The first-order chi connectivity index (χ1) is 13.8. The minimum absolute atomic E-state index is 0.0455. The van der Waals surface area contributed by atoms with Crippen molar-refractivity contribution in [2.24, 2.45) is 5.92 Å². The Morgan fingerprint density at radius 1 is 1.10 bits per heavy atom. The number of sulfonamides is 1. The van der Waals surface area contributed by atoms with E-state index in [1.807, 2.05) is 0 Å². The zero-order valence-electron chi connectivity index (χ0n) is 15.6. The molecule has 1 atom stereocenters. The first-order valence-corrected chi connectivity index (χ1v) is 10.7. The van der Waals surface area contributed by atoms with Gasteiger partial charge in [-0.15, -0.1) is 0 Å². The lowest BCUT2D eigenvalue weighted by Crippen LogP contribution is -2.40. The third-order valence-corrected chi connectivity index (χ3v) is 6.76. The van der Waals surface area contributed by atoms with E-state index < -0.39 is 33.4 Å². The monoisotopic (exact) mass is 426 g/mol. The molecule has 1 N–H and O–H groups in total. The zero-order valence-corrected chi connectivity index (χ0v) is 16.4. The van der Waals surface area contributed by atoms with Crippen molar-refractivity contribution in [3.8, 4) is 0 Å². The topological polar surface area (TPSA) is 66.5 Å². The SMILES string of the molecule is O=C(CCC1CCCN(S(=O)(=O)c2cccc(F)c2)C1)Nc1ccc(F)cc1F. The molecule has 1 amide bonds. The summed E-state index contributed by atoms with van der Waals surface area (Å²) in [4.78, 5) is 12.0. The predicted molar refractivity (Wildman–Crippen MR) is 102 cm³/mol. The van der Waals surface area contributed by atoms with Gasteiger partial charge in [-0.2, -0.15) is 4.31 Å². The van der Waals surface area contributed by atoms with Gasteiger partial charge in [-0.05, 0) is 55.5 Å². The van der Waals surface area contributed by atoms with Crippen LogP contribution in [-0.4, -0.2) is 31.7 Å². The Bertz CT molecular complexity index is 998. The van der Waals surface area contributed by atoms with Crippen LogP contribution in [0.4, 0.5) is 18.9 Å². The van der Waals surface area contributed by atoms with Crippen LogP contribution >= 0.6 is 0 Å². The van der Waals surface area contributed by atoms with Gasteiger partial charge in [-0.1, -0.05) is 6.07 Å². The van der Waals surface area contributed by atoms with Gasteiger partial charge in [0, 0.05) is 25.6 Å². The van der Waals surface area contributed by atoms with Crippen LogP contribution in [0.15, 0.2) is 47.4 Å². The van der Waals surface area contributed by atoms with Crippen LogP contribution in [0.25, 0.3) is 0 Å². The Morgan fingerprint density at radius 3 is 2.59 bits per heavy atom. The lowest BCUT2D eigenvalue weighted by molar-refractivity contribution is -0.116. The summed E-state index contributed by atoms with van der Waals surface area (Å²) in [6.07, 6.45) is 1.89. The van der Waals surface area contributed by atoms with Gasteiger partial charge in [-0.3, -0.25) is 4.79 Å². The molecule has 0 radical (unpaired) electrons. The average Bonchev–Trinajstić information content (AvgIpc) is 2.69. The summed E-state index contributed by atoms with van der Waals surface area (Å²) >= 11 is 0. The molecular formula is C20H21F3N2O3S. The van der Waals surface area contributed by atoms with Crippen molar-refractivity contribution >= 4 is 21.6 Å². The second-order valence-corrected chi connectivity index (χ2v) is 8.98. The molecule has 2 aromatic rings. The quantitative estimate of drug-likeness (QED) is 0.761. The second-order valence-electron chi connectivity index (χ2n) is 7.04. The van der Waals surface area contributed by atoms with E-state index in [4.69, 9.17) is 0 Å². The van der Waals surface area contributed by atoms with Crippen molar-refractivity contribution in [2.45, 2.75) is 30.6 Å². The van der Waals surface area contributed by atoms with Gasteiger partial charge in [0.05, 0.1) is 10.6 Å². The molecule has 3 rings (SSSR count). The molecule has 1 fully saturated rings. The molecule has 1 heterocycles. The van der Waals surface area contributed by atoms with Gasteiger partial charge in [0.2, 0.25) is 15.9 Å². The normalized spacial score (nSPS) is 17.8. The fraction of sp³-hybridized carbons (Fsp3) is 0.350. The minimum Gasteiger partial charge on any atom is -0.324 e. The number of nitrogens with zero attached hydrogens (tertiary/aromatic N) is 1. The van der Waals surface area contributed by atoms with Crippen molar-refractivity contribution in [3.63, 3.8) is 0 Å². The molecule has 1 saturated heterocycles. The molecule has 5 nitrogen and oxygen atoms in total. The molecule has 156 valence electrons. The van der Waals surface area contributed by atoms with Gasteiger partial charge < -0.3 is 5.32 Å². The molecule has 0 aromatic heterocycles. The molecule has 1 aliphatic heterocycles. The number of carbonyl (C=O) groups is 1. The van der Waals surface area contributed by atoms with Gasteiger partial charge in [0.15, 0.2) is 0 Å². The van der Waals surface area contributed by atoms with Crippen LogP contribution in [-0.2, 0) is 14.8 Å². The highest BCUT2D eigenvalue weighted by molar-refractivity contribution is 7.89. The van der Waals surface area contributed by atoms with E-state index in [1.165, 1.54) is 22.5 Å². The van der Waals surface area contributed by atoms with Gasteiger partial charge in [0.25, 0.3) is 0 Å². The molecular weight excluding hydrogens is 405 g/mol. The summed E-state index contributed by atoms with van der Waals surface area (Å²) in [5.74, 6) is -2.69. The largest absolute Gasteiger partial charge is 0.324 e. The van der Waals surface area contributed by atoms with Crippen molar-refractivity contribution < 1.29 is 26.4 Å². The highest BCUT2D eigenvalue weighted by Gasteiger charge is 2.30. The summed E-state index contributed by atoms with van der Waals surface area (Å²) in [6.45, 7) is 0.569. The van der Waals surface area contributed by atoms with Crippen LogP contribution in [0.3, 0.4) is 0 Å². The maximum atomic E-state index is 13.6. The van der Waals surface area contributed by atoms with E-state index in [1.54, 1.807) is 0 Å². The predicted octanol–water partition coefficient (Wildman–Crippen LogP) is 3.92. The fourth-order valence-corrected chi connectivity index (χ4v) is 4.98. The summed E-state index contributed by atoms with van der Waals surface area (Å²) in [5.41, 5.74) is -0.102. The Labute approximate surface area is 167 Å². The van der Waals surface area contributed by atoms with Crippen LogP contribution in [0.2, 0.25) is 0 Å². The van der Waals surface area contributed by atoms with Crippen molar-refractivity contribution in [1.82, 2.24) is 4.31 Å². The smallest absolute Gasteiger partial charge is 0.243 e. The first kappa shape index (κ1) is 21.3. The van der Waals surface area contributed by atoms with Gasteiger partial charge in [0.1, 0.15) is 17.5 Å². The fourth-order valence-electron chi connectivity index (χ4n) is 3.40. The molecule has 0 bridgehead atoms. The second kappa shape index (κ2) is 8.96. The lowest BCUT2D eigenvalue weighted by Gasteiger charge is -2.32. The minimum atomic E-state index is -3.81. The molecule has 1 aliphatic rings. The van der Waals surface area contributed by atoms with Crippen LogP contribution in [0.1, 0.15) is 25.7 Å². The average molecular weight is 426 g/mol. The Morgan fingerprint density at radius 2 is 1.86 bits per heavy atom. The number of piperidine rings is 1. The third-order valence-electron chi connectivity index (χ3n) is 4.90. The van der Waals surface area contributed by atoms with E-state index in [0.29, 0.717) is 25.5 Å². The summed E-state index contributed by atoms with van der Waals surface area (Å²) in [6, 6.07) is 7.76. The van der Waals surface area contributed by atoms with Crippen molar-refractivity contribution in [2.75, 3.05) is 18.4 Å². The maximum absolute atomic E-state index is 13.6. The van der Waals surface area contributed by atoms with E-state index in [0.717, 1.165) is 24.6 Å². The summed E-state index contributed by atoms with van der Waals surface area (Å²) in [5, 5.41) is 2.40. The molecule has 0 spiro atoms. The van der Waals surface area contributed by atoms with E-state index in [2.05, 4.69) is 5.32 Å². The van der Waals surface area contributed by atoms with Crippen molar-refractivity contribution in [3.05, 3.63) is 59.9 Å². The van der Waals surface area contributed by atoms with E-state index in [9.17, 15) is 26.4 Å². The van der Waals surface area contributed by atoms with Crippen molar-refractivity contribution in [1.29, 1.82) is 0 Å². The summed E-state index contributed by atoms with van der Waals surface area (Å²) < 4.78 is 66.7. The Balaban J connectivity index is 1.57. The van der Waals surface area contributed by atoms with Crippen LogP contribution < -0.4 is 5.32 Å². The standard InChI is InChI=1S/C20H21F3N2O3S/c21-15-4-1-5-17(11-15)29(27,28)25-10-2-3-14(13-25)6-9-20(26)24-19-8-7-16(22)12-18(19)23/h1,4-5,7-8,11-12,14H,2-3,6,9-10,13H2,(H,24,26). The third kappa shape index (κ3) is 5.36. The molecule has 0 saturated carbocycles. The zero-order chi connectivity index (χ0) is 21.0. The molecule has 1 unspecified atom stereocenters. The number of hydrogen-bond donors (Lipinski definition) is 1. The van der Waals surface area contributed by atoms with Crippen LogP contribution in [0.5, 0.6) is 0 Å². The highest BCUT2D eigenvalue weighted by Crippen LogP contribution is 2.27. The molecule has 0 aliphatic carbocycles. The number of halogens is 3. The lowest BCUT2D eigenvalue weighted by atomic mass is 9.94. The number of rotatable bonds is 6.